The maximum Gasteiger partial charge on any atom is 0.342 e. The van der Waals surface area contributed by atoms with Crippen molar-refractivity contribution in [2.24, 2.45) is 5.92 Å². The number of carbonyl (C=O) groups excluding carboxylic acids is 4. The van der Waals surface area contributed by atoms with Gasteiger partial charge in [-0.3, -0.25) is 14.4 Å². The Morgan fingerprint density at radius 3 is 2.45 bits per heavy atom. The number of ether oxygens (including phenoxy) is 1. The maximum atomic E-state index is 12.8. The average molecular weight is 403 g/mol. The predicted octanol–water partition coefficient (Wildman–Crippen LogP) is 3.22. The highest BCUT2D eigenvalue weighted by atomic mass is 16.5. The number of nitrogens with one attached hydrogen (secondary N) is 1. The molecule has 1 aromatic rings. The normalized spacial score (nSPS) is 21.9. The third-order valence-corrected chi connectivity index (χ3v) is 5.26. The number of cyclic esters (lactones) is 1. The highest BCUT2D eigenvalue weighted by molar-refractivity contribution is 6.63. The molecule has 7 nitrogen and oxygen atoms in total. The van der Waals surface area contributed by atoms with Crippen LogP contribution in [0.5, 0.6) is 5.75 Å². The van der Waals surface area contributed by atoms with Gasteiger partial charge in [-0.1, -0.05) is 13.8 Å². The molecule has 0 fully saturated rings. The Labute approximate surface area is 170 Å². The molecule has 29 heavy (non-hydrogen) atoms. The van der Waals surface area contributed by atoms with E-state index in [9.17, 15) is 24.3 Å². The van der Waals surface area contributed by atoms with E-state index in [1.54, 1.807) is 13.0 Å². The van der Waals surface area contributed by atoms with Crippen LogP contribution >= 0.6 is 0 Å². The first kappa shape index (κ1) is 22.6. The van der Waals surface area contributed by atoms with Crippen molar-refractivity contribution >= 4 is 29.0 Å². The smallest absolute Gasteiger partial charge is 0.342 e. The summed E-state index contributed by atoms with van der Waals surface area (Å²) in [5.74, 6) is -3.37. The summed E-state index contributed by atoms with van der Waals surface area (Å²) in [6, 6.07) is 3.24. The van der Waals surface area contributed by atoms with Crippen LogP contribution < -0.4 is 5.32 Å². The largest absolute Gasteiger partial charge is 0.507 e. The van der Waals surface area contributed by atoms with Crippen molar-refractivity contribution in [1.82, 2.24) is 0 Å². The SMILES string of the molecule is CCCNc1cc(O)c2c(c1)CCCC(=O)C(=O)C(=O)CC[C@@H](C)[C@H](C)OC2=O. The highest BCUT2D eigenvalue weighted by Crippen LogP contribution is 2.30. The fraction of sp³-hybridized carbons (Fsp3) is 0.545. The summed E-state index contributed by atoms with van der Waals surface area (Å²) in [5.41, 5.74) is 1.28. The van der Waals surface area contributed by atoms with Crippen molar-refractivity contribution in [3.05, 3.63) is 23.3 Å². The van der Waals surface area contributed by atoms with Gasteiger partial charge in [0.2, 0.25) is 11.6 Å². The number of carbonyl (C=O) groups is 4. The van der Waals surface area contributed by atoms with Crippen molar-refractivity contribution in [3.63, 3.8) is 0 Å². The molecule has 0 amide bonds. The lowest BCUT2D eigenvalue weighted by Gasteiger charge is -2.22. The van der Waals surface area contributed by atoms with Gasteiger partial charge in [0.25, 0.3) is 5.78 Å². The molecule has 0 aliphatic carbocycles. The molecule has 1 heterocycles. The van der Waals surface area contributed by atoms with E-state index in [-0.39, 0.29) is 42.9 Å². The predicted molar refractivity (Wildman–Crippen MR) is 108 cm³/mol. The maximum absolute atomic E-state index is 12.8. The van der Waals surface area contributed by atoms with Crippen LogP contribution in [0.1, 0.15) is 68.8 Å². The molecule has 2 rings (SSSR count). The number of hydrogen-bond acceptors (Lipinski definition) is 7. The van der Waals surface area contributed by atoms with Crippen molar-refractivity contribution < 1.29 is 29.0 Å². The van der Waals surface area contributed by atoms with Gasteiger partial charge in [-0.25, -0.2) is 4.79 Å². The quantitative estimate of drug-likeness (QED) is 0.589. The van der Waals surface area contributed by atoms with Gasteiger partial charge >= 0.3 is 5.97 Å². The number of hydrogen-bond donors (Lipinski definition) is 2. The summed E-state index contributed by atoms with van der Waals surface area (Å²) >= 11 is 0. The van der Waals surface area contributed by atoms with Crippen LogP contribution in [0.2, 0.25) is 0 Å². The Balaban J connectivity index is 2.38. The van der Waals surface area contributed by atoms with Crippen LogP contribution in [0.4, 0.5) is 5.69 Å². The minimum absolute atomic E-state index is 0.0536. The summed E-state index contributed by atoms with van der Waals surface area (Å²) in [5, 5.41) is 13.7. The molecule has 7 heteroatoms. The molecular formula is C22H29NO6. The van der Waals surface area contributed by atoms with Crippen molar-refractivity contribution in [1.29, 1.82) is 0 Å². The zero-order valence-corrected chi connectivity index (χ0v) is 17.2. The molecule has 2 N–H and O–H groups in total. The van der Waals surface area contributed by atoms with Gasteiger partial charge < -0.3 is 15.2 Å². The van der Waals surface area contributed by atoms with E-state index >= 15 is 0 Å². The number of phenolic OH excluding ortho intramolecular Hbond substituents is 1. The lowest BCUT2D eigenvalue weighted by molar-refractivity contribution is -0.144. The molecule has 1 aliphatic rings. The number of aromatic hydroxyl groups is 1. The van der Waals surface area contributed by atoms with E-state index in [2.05, 4.69) is 5.32 Å². The van der Waals surface area contributed by atoms with Crippen LogP contribution in [0.15, 0.2) is 12.1 Å². The standard InChI is InChI=1S/C22H29NO6/c1-4-10-23-16-11-15-6-5-7-17(24)21(27)18(25)9-8-13(2)14(3)29-22(28)20(15)19(26)12-16/h11-14,23,26H,4-10H2,1-3H3/t13-,14+/m1/s1. The second-order valence-electron chi connectivity index (χ2n) is 7.61. The molecule has 0 saturated carbocycles. The molecule has 158 valence electrons. The lowest BCUT2D eigenvalue weighted by Crippen LogP contribution is -2.27. The summed E-state index contributed by atoms with van der Waals surface area (Å²) in [7, 11) is 0. The number of Topliss-reactive ketones (excluding diaryl/α,β-unsaturated/α-hetero) is 3. The summed E-state index contributed by atoms with van der Waals surface area (Å²) in [4.78, 5) is 48.8. The first-order valence-corrected chi connectivity index (χ1v) is 10.2. The van der Waals surface area contributed by atoms with E-state index in [0.29, 0.717) is 24.2 Å². The topological polar surface area (TPSA) is 110 Å². The molecule has 0 aromatic heterocycles. The van der Waals surface area contributed by atoms with Gasteiger partial charge in [-0.05, 0) is 50.2 Å². The summed E-state index contributed by atoms with van der Waals surface area (Å²) in [6.07, 6.45) is 1.12. The van der Waals surface area contributed by atoms with Gasteiger partial charge in [0.1, 0.15) is 17.4 Å². The minimum Gasteiger partial charge on any atom is -0.507 e. The Morgan fingerprint density at radius 1 is 1.07 bits per heavy atom. The van der Waals surface area contributed by atoms with Gasteiger partial charge in [0.05, 0.1) is 0 Å². The van der Waals surface area contributed by atoms with Gasteiger partial charge in [0, 0.05) is 31.1 Å². The van der Waals surface area contributed by atoms with Crippen LogP contribution in [0.3, 0.4) is 0 Å². The van der Waals surface area contributed by atoms with E-state index in [0.717, 1.165) is 6.42 Å². The van der Waals surface area contributed by atoms with E-state index in [1.807, 2.05) is 13.8 Å². The second-order valence-corrected chi connectivity index (χ2v) is 7.61. The zero-order chi connectivity index (χ0) is 21.6. The van der Waals surface area contributed by atoms with E-state index < -0.39 is 29.4 Å². The Kier molecular flexibility index (Phi) is 7.93. The third kappa shape index (κ3) is 5.89. The molecule has 0 saturated heterocycles. The number of aryl methyl sites for hydroxylation is 1. The number of ketones is 3. The number of esters is 1. The minimum atomic E-state index is -0.958. The van der Waals surface area contributed by atoms with Crippen LogP contribution in [-0.4, -0.2) is 41.1 Å². The van der Waals surface area contributed by atoms with Gasteiger partial charge in [0.15, 0.2) is 0 Å². The molecule has 0 radical (unpaired) electrons. The second kappa shape index (κ2) is 10.2. The molecule has 2 atom stereocenters. The Bertz CT molecular complexity index is 801. The molecule has 0 bridgehead atoms. The highest BCUT2D eigenvalue weighted by Gasteiger charge is 2.27. The number of anilines is 1. The number of fused-ring (bicyclic) bond motifs is 1. The fourth-order valence-corrected chi connectivity index (χ4v) is 3.25. The Morgan fingerprint density at radius 2 is 1.76 bits per heavy atom. The zero-order valence-electron chi connectivity index (χ0n) is 17.2. The van der Waals surface area contributed by atoms with Crippen molar-refractivity contribution in [2.75, 3.05) is 11.9 Å². The molecule has 1 aliphatic heterocycles. The van der Waals surface area contributed by atoms with Crippen LogP contribution in [-0.2, 0) is 25.5 Å². The van der Waals surface area contributed by atoms with E-state index in [1.165, 1.54) is 6.07 Å². The van der Waals surface area contributed by atoms with Gasteiger partial charge in [-0.2, -0.15) is 0 Å². The summed E-state index contributed by atoms with van der Waals surface area (Å²) < 4.78 is 5.54. The lowest BCUT2D eigenvalue weighted by atomic mass is 9.94. The van der Waals surface area contributed by atoms with Crippen molar-refractivity contribution in [2.45, 2.75) is 65.4 Å². The molecule has 0 unspecified atom stereocenters. The first-order chi connectivity index (χ1) is 13.7. The number of benzene rings is 1. The summed E-state index contributed by atoms with van der Waals surface area (Å²) in [6.45, 7) is 6.23. The van der Waals surface area contributed by atoms with Crippen LogP contribution in [0.25, 0.3) is 0 Å². The average Bonchev–Trinajstić information content (AvgIpc) is 2.68. The molecule has 0 spiro atoms. The molecular weight excluding hydrogens is 374 g/mol. The van der Waals surface area contributed by atoms with Crippen molar-refractivity contribution in [3.8, 4) is 5.75 Å². The monoisotopic (exact) mass is 403 g/mol. The molecule has 1 aromatic carbocycles. The van der Waals surface area contributed by atoms with Crippen LogP contribution in [0, 0.1) is 5.92 Å². The third-order valence-electron chi connectivity index (χ3n) is 5.26. The van der Waals surface area contributed by atoms with Gasteiger partial charge in [-0.15, -0.1) is 0 Å². The Hall–Kier alpha value is -2.70. The number of rotatable bonds is 3. The van der Waals surface area contributed by atoms with E-state index in [4.69, 9.17) is 4.74 Å². The first-order valence-electron chi connectivity index (χ1n) is 10.2. The fourth-order valence-electron chi connectivity index (χ4n) is 3.25. The number of phenols is 1.